The number of imide groups is 2. The van der Waals surface area contributed by atoms with Crippen LogP contribution in [0, 0.1) is 7.14 Å². The fraction of sp³-hybridized carbons (Fsp3) is 0.105. The molecule has 2 aromatic rings. The third-order valence-electron chi connectivity index (χ3n) is 4.06. The molecule has 1 aliphatic rings. The van der Waals surface area contributed by atoms with E-state index >= 15 is 0 Å². The predicted molar refractivity (Wildman–Crippen MR) is 123 cm³/mol. The number of rotatable bonds is 4. The molecule has 0 atom stereocenters. The summed E-state index contributed by atoms with van der Waals surface area (Å²) >= 11 is 4.36. The summed E-state index contributed by atoms with van der Waals surface area (Å²) in [5, 5.41) is 5.33. The van der Waals surface area contributed by atoms with Gasteiger partial charge in [-0.3, -0.25) is 14.9 Å². The monoisotopic (exact) mass is 603 g/mol. The minimum absolute atomic E-state index is 0.112. The number of carbonyl (C=O) groups excluding carboxylic acids is 3. The summed E-state index contributed by atoms with van der Waals surface area (Å²) in [7, 11) is 3.35. The van der Waals surface area contributed by atoms with Crippen LogP contribution in [0.4, 0.5) is 16.2 Å². The van der Waals surface area contributed by atoms with E-state index in [1.54, 1.807) is 24.3 Å². The summed E-state index contributed by atoms with van der Waals surface area (Å²) in [5.41, 5.74) is 1.89. The molecule has 1 heterocycles. The normalized spacial score (nSPS) is 15.6. The van der Waals surface area contributed by atoms with Crippen LogP contribution in [0.2, 0.25) is 0 Å². The van der Waals surface area contributed by atoms with E-state index in [4.69, 9.17) is 4.74 Å². The topological polar surface area (TPSA) is 87.7 Å². The Kier molecular flexibility index (Phi) is 6.23. The van der Waals surface area contributed by atoms with Crippen molar-refractivity contribution in [3.63, 3.8) is 0 Å². The highest BCUT2D eigenvalue weighted by Crippen LogP contribution is 2.28. The summed E-state index contributed by atoms with van der Waals surface area (Å²) < 4.78 is 6.99. The number of ether oxygens (including phenoxy) is 1. The van der Waals surface area contributed by atoms with Crippen molar-refractivity contribution in [3.05, 3.63) is 54.7 Å². The number of amides is 4. The van der Waals surface area contributed by atoms with E-state index in [2.05, 4.69) is 55.8 Å². The number of methoxy groups -OCH3 is 1. The average molecular weight is 603 g/mol. The molecular weight excluding hydrogens is 588 g/mol. The van der Waals surface area contributed by atoms with Crippen LogP contribution in [0.1, 0.15) is 5.56 Å². The molecule has 144 valence electrons. The number of hydrogen-bond donors (Lipinski definition) is 2. The van der Waals surface area contributed by atoms with Gasteiger partial charge in [-0.1, -0.05) is 0 Å². The molecule has 1 fully saturated rings. The van der Waals surface area contributed by atoms with Gasteiger partial charge in [0.2, 0.25) is 0 Å². The largest absolute Gasteiger partial charge is 0.497 e. The molecule has 2 aromatic carbocycles. The highest BCUT2D eigenvalue weighted by molar-refractivity contribution is 14.1. The lowest BCUT2D eigenvalue weighted by atomic mass is 10.1. The Morgan fingerprint density at radius 1 is 1.07 bits per heavy atom. The van der Waals surface area contributed by atoms with Crippen LogP contribution in [0.5, 0.6) is 5.75 Å². The van der Waals surface area contributed by atoms with E-state index in [9.17, 15) is 14.4 Å². The average Bonchev–Trinajstić information content (AvgIpc) is 2.65. The molecule has 0 radical (unpaired) electrons. The van der Waals surface area contributed by atoms with Gasteiger partial charge in [-0.05, 0) is 93.2 Å². The van der Waals surface area contributed by atoms with Crippen molar-refractivity contribution in [2.75, 3.05) is 24.4 Å². The summed E-state index contributed by atoms with van der Waals surface area (Å²) in [6, 6.07) is 9.36. The highest BCUT2D eigenvalue weighted by atomic mass is 127. The molecular formula is C19H15I2N3O4. The van der Waals surface area contributed by atoms with Crippen molar-refractivity contribution in [1.29, 1.82) is 0 Å². The first-order chi connectivity index (χ1) is 13.3. The van der Waals surface area contributed by atoms with Gasteiger partial charge in [0.15, 0.2) is 0 Å². The summed E-state index contributed by atoms with van der Waals surface area (Å²) in [6.07, 6.45) is 1.49. The molecule has 3 rings (SSSR count). The maximum Gasteiger partial charge on any atom is 0.335 e. The van der Waals surface area contributed by atoms with Crippen LogP contribution in [0.3, 0.4) is 0 Å². The Balaban J connectivity index is 2.01. The van der Waals surface area contributed by atoms with Gasteiger partial charge in [-0.15, -0.1) is 0 Å². The van der Waals surface area contributed by atoms with Crippen molar-refractivity contribution in [1.82, 2.24) is 5.32 Å². The Labute approximate surface area is 188 Å². The van der Waals surface area contributed by atoms with Crippen molar-refractivity contribution in [2.45, 2.75) is 0 Å². The molecule has 0 aliphatic carbocycles. The van der Waals surface area contributed by atoms with Gasteiger partial charge >= 0.3 is 6.03 Å². The number of benzene rings is 2. The molecule has 2 N–H and O–H groups in total. The first-order valence-corrected chi connectivity index (χ1v) is 10.2. The number of carbonyl (C=O) groups is 3. The molecule has 1 saturated heterocycles. The van der Waals surface area contributed by atoms with E-state index in [-0.39, 0.29) is 5.57 Å². The third-order valence-corrected chi connectivity index (χ3v) is 5.76. The molecule has 28 heavy (non-hydrogen) atoms. The number of barbiturate groups is 1. The number of halogens is 2. The molecule has 9 heteroatoms. The van der Waals surface area contributed by atoms with Gasteiger partial charge < -0.3 is 10.1 Å². The smallest absolute Gasteiger partial charge is 0.335 e. The molecule has 4 amide bonds. The number of anilines is 2. The summed E-state index contributed by atoms with van der Waals surface area (Å²) in [5.74, 6) is -0.807. The minimum atomic E-state index is -0.785. The quantitative estimate of drug-likeness (QED) is 0.317. The standard InChI is InChI=1S/C19H15I2N3O4/c1-22-16-14(20)8-10(9-15(16)21)7-13-17(25)23-19(27)24(18(13)26)11-3-5-12(28-2)6-4-11/h3-9,22H,1-2H3,(H,23,25,27)/b13-7+. The second-order valence-corrected chi connectivity index (χ2v) is 8.09. The van der Waals surface area contributed by atoms with Crippen molar-refractivity contribution in [2.24, 2.45) is 0 Å². The van der Waals surface area contributed by atoms with Gasteiger partial charge in [-0.25, -0.2) is 9.69 Å². The predicted octanol–water partition coefficient (Wildman–Crippen LogP) is 3.61. The van der Waals surface area contributed by atoms with Gasteiger partial charge in [0.05, 0.1) is 18.5 Å². The van der Waals surface area contributed by atoms with Crippen molar-refractivity contribution in [3.8, 4) is 5.75 Å². The Morgan fingerprint density at radius 3 is 2.21 bits per heavy atom. The van der Waals surface area contributed by atoms with Crippen LogP contribution in [0.15, 0.2) is 42.0 Å². The highest BCUT2D eigenvalue weighted by Gasteiger charge is 2.36. The van der Waals surface area contributed by atoms with Gasteiger partial charge in [0.1, 0.15) is 11.3 Å². The number of urea groups is 1. The lowest BCUT2D eigenvalue weighted by Gasteiger charge is -2.26. The maximum absolute atomic E-state index is 12.9. The molecule has 0 unspecified atom stereocenters. The zero-order chi connectivity index (χ0) is 20.4. The van der Waals surface area contributed by atoms with Crippen LogP contribution in [0.25, 0.3) is 6.08 Å². The van der Waals surface area contributed by atoms with Crippen LogP contribution in [-0.2, 0) is 9.59 Å². The number of hydrogen-bond acceptors (Lipinski definition) is 5. The lowest BCUT2D eigenvalue weighted by Crippen LogP contribution is -2.54. The molecule has 0 bridgehead atoms. The summed E-state index contributed by atoms with van der Waals surface area (Å²) in [4.78, 5) is 38.4. The fourth-order valence-corrected chi connectivity index (χ4v) is 5.06. The third kappa shape index (κ3) is 3.99. The van der Waals surface area contributed by atoms with E-state index < -0.39 is 17.8 Å². The van der Waals surface area contributed by atoms with Gasteiger partial charge in [-0.2, -0.15) is 0 Å². The Morgan fingerprint density at radius 2 is 1.68 bits per heavy atom. The molecule has 0 spiro atoms. The summed E-state index contributed by atoms with van der Waals surface area (Å²) in [6.45, 7) is 0. The zero-order valence-electron chi connectivity index (χ0n) is 14.9. The van der Waals surface area contributed by atoms with E-state index in [0.717, 1.165) is 17.7 Å². The van der Waals surface area contributed by atoms with Crippen molar-refractivity contribution >= 4 is 80.5 Å². The lowest BCUT2D eigenvalue weighted by molar-refractivity contribution is -0.122. The Hall–Kier alpha value is -2.15. The van der Waals surface area contributed by atoms with Gasteiger partial charge in [0, 0.05) is 14.2 Å². The SMILES string of the molecule is CNc1c(I)cc(/C=C2\C(=O)NC(=O)N(c3ccc(OC)cc3)C2=O)cc1I. The maximum atomic E-state index is 12.9. The molecule has 0 saturated carbocycles. The molecule has 1 aliphatic heterocycles. The van der Waals surface area contributed by atoms with E-state index in [1.807, 2.05) is 19.2 Å². The Bertz CT molecular complexity index is 980. The van der Waals surface area contributed by atoms with E-state index in [0.29, 0.717) is 17.0 Å². The zero-order valence-corrected chi connectivity index (χ0v) is 19.2. The van der Waals surface area contributed by atoms with Crippen LogP contribution >= 0.6 is 45.2 Å². The number of nitrogens with zero attached hydrogens (tertiary/aromatic N) is 1. The molecule has 0 aromatic heterocycles. The second-order valence-electron chi connectivity index (χ2n) is 5.77. The van der Waals surface area contributed by atoms with Crippen LogP contribution < -0.4 is 20.3 Å². The van der Waals surface area contributed by atoms with Gasteiger partial charge in [0.25, 0.3) is 11.8 Å². The second kappa shape index (κ2) is 8.47. The van der Waals surface area contributed by atoms with E-state index in [1.165, 1.54) is 13.2 Å². The van der Waals surface area contributed by atoms with Crippen LogP contribution in [-0.4, -0.2) is 32.0 Å². The fourth-order valence-electron chi connectivity index (χ4n) is 2.70. The first-order valence-electron chi connectivity index (χ1n) is 8.08. The molecule has 7 nitrogen and oxygen atoms in total. The minimum Gasteiger partial charge on any atom is -0.497 e. The number of nitrogens with one attached hydrogen (secondary N) is 2. The first kappa shape index (κ1) is 20.6. The van der Waals surface area contributed by atoms with Crippen molar-refractivity contribution < 1.29 is 19.1 Å².